The molecule has 0 rings (SSSR count). The van der Waals surface area contributed by atoms with Crippen molar-refractivity contribution in [1.82, 2.24) is 0 Å². The molecule has 0 aliphatic heterocycles. The van der Waals surface area contributed by atoms with Crippen LogP contribution >= 0.6 is 15.6 Å². The summed E-state index contributed by atoms with van der Waals surface area (Å²) in [6.45, 7) is 11.7. The largest absolute Gasteiger partial charge is 0.472 e. The molecular formula is C71H138O17P2. The van der Waals surface area contributed by atoms with E-state index < -0.39 is 97.5 Å². The number of carbonyl (C=O) groups excluding carboxylic acids is 4. The quantitative estimate of drug-likeness (QED) is 0.0222. The number of esters is 4. The summed E-state index contributed by atoms with van der Waals surface area (Å²) in [7, 11) is -9.90. The SMILES string of the molecule is CCCCCCCCCCCCCCCCCCCCC(=O)O[C@H](COC(=O)CCCCCCCCCCC(C)CC)COP(=O)(O)OC[C@@H](O)COP(=O)(O)OC[C@@H](COC(=O)CCCCCCCCC(C)C)OC(=O)CCCCCCCCCCC(C)C. The predicted octanol–water partition coefficient (Wildman–Crippen LogP) is 20.2. The van der Waals surface area contributed by atoms with Gasteiger partial charge in [0.2, 0.25) is 0 Å². The average Bonchev–Trinajstić information content (AvgIpc) is 3.55. The molecule has 0 amide bonds. The minimum Gasteiger partial charge on any atom is -0.462 e. The van der Waals surface area contributed by atoms with Gasteiger partial charge in [0.05, 0.1) is 26.4 Å². The molecule has 0 fully saturated rings. The summed E-state index contributed by atoms with van der Waals surface area (Å²) in [6, 6.07) is 0. The number of hydrogen-bond acceptors (Lipinski definition) is 15. The number of aliphatic hydroxyl groups excluding tert-OH is 1. The molecule has 6 atom stereocenters. The zero-order valence-electron chi connectivity index (χ0n) is 58.6. The van der Waals surface area contributed by atoms with E-state index in [-0.39, 0.29) is 25.7 Å². The zero-order valence-corrected chi connectivity index (χ0v) is 60.4. The molecule has 0 heterocycles. The molecule has 19 heteroatoms. The molecule has 3 unspecified atom stereocenters. The lowest BCUT2D eigenvalue weighted by atomic mass is 9.99. The number of phosphoric acid groups is 2. The van der Waals surface area contributed by atoms with E-state index in [1.165, 1.54) is 161 Å². The lowest BCUT2D eigenvalue weighted by Gasteiger charge is -2.21. The van der Waals surface area contributed by atoms with Gasteiger partial charge in [-0.3, -0.25) is 37.3 Å². The molecule has 0 aromatic rings. The summed E-state index contributed by atoms with van der Waals surface area (Å²) < 4.78 is 68.3. The maximum absolute atomic E-state index is 13.0. The highest BCUT2D eigenvalue weighted by Crippen LogP contribution is 2.45. The fourth-order valence-corrected chi connectivity index (χ4v) is 12.3. The van der Waals surface area contributed by atoms with Crippen molar-refractivity contribution in [1.29, 1.82) is 0 Å². The molecule has 0 spiro atoms. The van der Waals surface area contributed by atoms with E-state index in [4.69, 9.17) is 37.0 Å². The number of ether oxygens (including phenoxy) is 4. The average molecular weight is 1330 g/mol. The predicted molar refractivity (Wildman–Crippen MR) is 363 cm³/mol. The summed E-state index contributed by atoms with van der Waals surface area (Å²) in [5, 5.41) is 10.6. The maximum Gasteiger partial charge on any atom is 0.472 e. The van der Waals surface area contributed by atoms with Gasteiger partial charge in [0, 0.05) is 25.7 Å². The van der Waals surface area contributed by atoms with Crippen molar-refractivity contribution < 1.29 is 80.2 Å². The molecule has 0 aliphatic carbocycles. The normalized spacial score (nSPS) is 14.5. The van der Waals surface area contributed by atoms with Crippen LogP contribution in [0.25, 0.3) is 0 Å². The molecule has 0 saturated carbocycles. The van der Waals surface area contributed by atoms with Crippen molar-refractivity contribution in [2.45, 2.75) is 375 Å². The van der Waals surface area contributed by atoms with Crippen LogP contribution in [-0.2, 0) is 65.4 Å². The monoisotopic (exact) mass is 1320 g/mol. The number of carbonyl (C=O) groups is 4. The summed E-state index contributed by atoms with van der Waals surface area (Å²) in [4.78, 5) is 72.5. The van der Waals surface area contributed by atoms with Crippen LogP contribution in [0.15, 0.2) is 0 Å². The van der Waals surface area contributed by atoms with Crippen molar-refractivity contribution in [2.24, 2.45) is 17.8 Å². The number of aliphatic hydroxyl groups is 1. The first-order valence-corrected chi connectivity index (χ1v) is 39.9. The van der Waals surface area contributed by atoms with E-state index in [1.54, 1.807) is 0 Å². The highest BCUT2D eigenvalue weighted by molar-refractivity contribution is 7.47. The lowest BCUT2D eigenvalue weighted by Crippen LogP contribution is -2.30. The first-order chi connectivity index (χ1) is 43.3. The third-order valence-electron chi connectivity index (χ3n) is 16.7. The van der Waals surface area contributed by atoms with Crippen molar-refractivity contribution in [3.8, 4) is 0 Å². The number of hydrogen-bond donors (Lipinski definition) is 3. The second kappa shape index (κ2) is 61.9. The second-order valence-corrected chi connectivity index (χ2v) is 29.7. The van der Waals surface area contributed by atoms with E-state index in [9.17, 15) is 43.2 Å². The Hall–Kier alpha value is -1.94. The first kappa shape index (κ1) is 88.1. The molecule has 3 N–H and O–H groups in total. The molecule has 0 bridgehead atoms. The van der Waals surface area contributed by atoms with E-state index in [1.807, 2.05) is 0 Å². The Balaban J connectivity index is 5.22. The molecule has 0 aromatic carbocycles. The Kier molecular flexibility index (Phi) is 60.6. The van der Waals surface area contributed by atoms with Crippen LogP contribution in [0.4, 0.5) is 0 Å². The van der Waals surface area contributed by atoms with Crippen LogP contribution in [0.3, 0.4) is 0 Å². The van der Waals surface area contributed by atoms with Crippen molar-refractivity contribution in [2.75, 3.05) is 39.6 Å². The molecule has 0 aromatic heterocycles. The molecular weight excluding hydrogens is 1190 g/mol. The Labute approximate surface area is 549 Å². The van der Waals surface area contributed by atoms with Crippen LogP contribution in [-0.4, -0.2) is 96.7 Å². The topological polar surface area (TPSA) is 237 Å². The van der Waals surface area contributed by atoms with Crippen LogP contribution in [0.5, 0.6) is 0 Å². The second-order valence-electron chi connectivity index (χ2n) is 26.8. The van der Waals surface area contributed by atoms with Crippen LogP contribution in [0.2, 0.25) is 0 Å². The van der Waals surface area contributed by atoms with Gasteiger partial charge in [-0.1, -0.05) is 305 Å². The molecule has 17 nitrogen and oxygen atoms in total. The van der Waals surface area contributed by atoms with E-state index in [0.29, 0.717) is 31.6 Å². The summed E-state index contributed by atoms with van der Waals surface area (Å²) in [5.74, 6) is 0.0460. The molecule has 0 saturated heterocycles. The Morgan fingerprint density at radius 1 is 0.322 bits per heavy atom. The van der Waals surface area contributed by atoms with Gasteiger partial charge in [-0.2, -0.15) is 0 Å². The first-order valence-electron chi connectivity index (χ1n) is 36.9. The van der Waals surface area contributed by atoms with E-state index in [0.717, 1.165) is 108 Å². The standard InChI is InChI=1S/C71H138O17P2/c1-8-10-11-12-13-14-15-16-17-18-19-20-21-22-23-31-40-47-54-70(75)87-66(58-81-68(73)52-45-38-30-27-25-29-37-44-51-64(7)9-2)60-85-89(77,78)83-56-65(72)57-84-90(79,80)86-61-67(59-82-69(74)53-46-39-34-33-36-43-50-63(5)6)88-71(76)55-48-41-32-26-24-28-35-42-49-62(3)4/h62-67,72H,8-61H2,1-7H3,(H,77,78)(H,79,80)/t64?,65-,66-,67-/m1/s1. The summed E-state index contributed by atoms with van der Waals surface area (Å²) >= 11 is 0. The van der Waals surface area contributed by atoms with Gasteiger partial charge in [-0.15, -0.1) is 0 Å². The van der Waals surface area contributed by atoms with Crippen LogP contribution in [0.1, 0.15) is 357 Å². The Bertz CT molecular complexity index is 1770. The van der Waals surface area contributed by atoms with E-state index in [2.05, 4.69) is 48.5 Å². The van der Waals surface area contributed by atoms with Gasteiger partial charge >= 0.3 is 39.5 Å². The van der Waals surface area contributed by atoms with Crippen LogP contribution < -0.4 is 0 Å². The van der Waals surface area contributed by atoms with E-state index >= 15 is 0 Å². The minimum atomic E-state index is -4.95. The minimum absolute atomic E-state index is 0.103. The number of rotatable bonds is 69. The highest BCUT2D eigenvalue weighted by Gasteiger charge is 2.30. The smallest absolute Gasteiger partial charge is 0.462 e. The number of phosphoric ester groups is 2. The van der Waals surface area contributed by atoms with Gasteiger partial charge < -0.3 is 33.8 Å². The van der Waals surface area contributed by atoms with Crippen molar-refractivity contribution in [3.63, 3.8) is 0 Å². The van der Waals surface area contributed by atoms with Crippen molar-refractivity contribution >= 4 is 39.5 Å². The van der Waals surface area contributed by atoms with Crippen molar-refractivity contribution in [3.05, 3.63) is 0 Å². The third-order valence-corrected chi connectivity index (χ3v) is 18.6. The fourth-order valence-electron chi connectivity index (χ4n) is 10.7. The third kappa shape index (κ3) is 63.5. The van der Waals surface area contributed by atoms with Gasteiger partial charge in [-0.05, 0) is 43.4 Å². The molecule has 534 valence electrons. The highest BCUT2D eigenvalue weighted by atomic mass is 31.2. The zero-order chi connectivity index (χ0) is 66.6. The summed E-state index contributed by atoms with van der Waals surface area (Å²) in [5.41, 5.74) is 0. The number of unbranched alkanes of at least 4 members (excludes halogenated alkanes) is 36. The summed E-state index contributed by atoms with van der Waals surface area (Å²) in [6.07, 6.45) is 46.0. The van der Waals surface area contributed by atoms with Gasteiger partial charge in [0.25, 0.3) is 0 Å². The lowest BCUT2D eigenvalue weighted by molar-refractivity contribution is -0.161. The fraction of sp³-hybridized carbons (Fsp3) is 0.944. The van der Waals surface area contributed by atoms with Crippen LogP contribution in [0, 0.1) is 17.8 Å². The Morgan fingerprint density at radius 3 is 0.844 bits per heavy atom. The molecule has 90 heavy (non-hydrogen) atoms. The van der Waals surface area contributed by atoms with Gasteiger partial charge in [0.15, 0.2) is 12.2 Å². The van der Waals surface area contributed by atoms with Gasteiger partial charge in [-0.25, -0.2) is 9.13 Å². The molecule has 0 aliphatic rings. The molecule has 0 radical (unpaired) electrons. The maximum atomic E-state index is 13.0. The van der Waals surface area contributed by atoms with Gasteiger partial charge in [0.1, 0.15) is 19.3 Å². The Morgan fingerprint density at radius 2 is 0.567 bits per heavy atom.